The van der Waals surface area contributed by atoms with Crippen LogP contribution in [0.2, 0.25) is 0 Å². The molecule has 0 saturated heterocycles. The second-order valence-electron chi connectivity index (χ2n) is 3.54. The smallest absolute Gasteiger partial charge is 0.114 e. The molecule has 0 aliphatic carbocycles. The van der Waals surface area contributed by atoms with Crippen LogP contribution in [0.25, 0.3) is 0 Å². The molecular weight excluding hydrogens is 234 g/mol. The molecule has 2 heterocycles. The molecule has 4 nitrogen and oxygen atoms in total. The number of rotatable bonds is 6. The first kappa shape index (κ1) is 12.2. The Morgan fingerprint density at radius 2 is 2.41 bits per heavy atom. The normalized spacial score (nSPS) is 12.5. The van der Waals surface area contributed by atoms with Crippen LogP contribution in [0.3, 0.4) is 0 Å². The molecule has 0 radical (unpaired) electrons. The Bertz CT molecular complexity index is 419. The zero-order valence-electron chi connectivity index (χ0n) is 9.67. The van der Waals surface area contributed by atoms with Crippen molar-refractivity contribution < 1.29 is 4.74 Å². The van der Waals surface area contributed by atoms with Gasteiger partial charge in [-0.3, -0.25) is 4.98 Å². The molecule has 5 heteroatoms. The van der Waals surface area contributed by atoms with Gasteiger partial charge in [-0.25, -0.2) is 4.98 Å². The highest BCUT2D eigenvalue weighted by molar-refractivity contribution is 7.09. The third kappa shape index (κ3) is 3.33. The van der Waals surface area contributed by atoms with Crippen molar-refractivity contribution in [3.05, 3.63) is 46.7 Å². The summed E-state index contributed by atoms with van der Waals surface area (Å²) < 4.78 is 5.05. The van der Waals surface area contributed by atoms with Gasteiger partial charge < -0.3 is 10.1 Å². The third-order valence-electron chi connectivity index (χ3n) is 2.37. The quantitative estimate of drug-likeness (QED) is 0.794. The van der Waals surface area contributed by atoms with Crippen LogP contribution in [0, 0.1) is 0 Å². The van der Waals surface area contributed by atoms with Gasteiger partial charge in [-0.1, -0.05) is 6.07 Å². The fourth-order valence-corrected chi connectivity index (χ4v) is 2.32. The molecule has 0 amide bonds. The van der Waals surface area contributed by atoms with Crippen molar-refractivity contribution in [1.29, 1.82) is 0 Å². The molecule has 2 aromatic rings. The van der Waals surface area contributed by atoms with E-state index in [1.54, 1.807) is 24.6 Å². The number of hydrogen-bond donors (Lipinski definition) is 1. The van der Waals surface area contributed by atoms with E-state index in [4.69, 9.17) is 4.74 Å². The van der Waals surface area contributed by atoms with E-state index < -0.39 is 0 Å². The molecule has 1 N–H and O–H groups in total. The van der Waals surface area contributed by atoms with E-state index in [1.807, 2.05) is 23.8 Å². The summed E-state index contributed by atoms with van der Waals surface area (Å²) in [6.45, 7) is 1.47. The molecule has 17 heavy (non-hydrogen) atoms. The number of methoxy groups -OCH3 is 1. The minimum absolute atomic E-state index is 0.0962. The van der Waals surface area contributed by atoms with Gasteiger partial charge in [0, 0.05) is 37.6 Å². The Morgan fingerprint density at radius 1 is 1.47 bits per heavy atom. The summed E-state index contributed by atoms with van der Waals surface area (Å²) in [7, 11) is 1.70. The molecule has 0 saturated carbocycles. The lowest BCUT2D eigenvalue weighted by Gasteiger charge is -2.16. The van der Waals surface area contributed by atoms with Gasteiger partial charge in [0.1, 0.15) is 5.01 Å². The predicted molar refractivity (Wildman–Crippen MR) is 68.1 cm³/mol. The first-order chi connectivity index (χ1) is 8.42. The molecular formula is C12H15N3OS. The first-order valence-electron chi connectivity index (χ1n) is 5.43. The average molecular weight is 249 g/mol. The second-order valence-corrected chi connectivity index (χ2v) is 4.46. The molecule has 2 aromatic heterocycles. The number of pyridine rings is 1. The lowest BCUT2D eigenvalue weighted by Crippen LogP contribution is -2.25. The number of aromatic nitrogens is 2. The highest BCUT2D eigenvalue weighted by Gasteiger charge is 2.15. The molecule has 90 valence electrons. The van der Waals surface area contributed by atoms with E-state index in [9.17, 15) is 0 Å². The van der Waals surface area contributed by atoms with Crippen LogP contribution in [0.15, 0.2) is 36.1 Å². The zero-order chi connectivity index (χ0) is 11.9. The summed E-state index contributed by atoms with van der Waals surface area (Å²) >= 11 is 1.64. The number of hydrogen-bond acceptors (Lipinski definition) is 5. The monoisotopic (exact) mass is 249 g/mol. The number of nitrogens with one attached hydrogen (secondary N) is 1. The van der Waals surface area contributed by atoms with Crippen molar-refractivity contribution in [2.45, 2.75) is 6.04 Å². The van der Waals surface area contributed by atoms with E-state index in [0.717, 1.165) is 17.1 Å². The number of ether oxygens (including phenoxy) is 1. The van der Waals surface area contributed by atoms with E-state index >= 15 is 0 Å². The van der Waals surface area contributed by atoms with E-state index in [1.165, 1.54) is 0 Å². The summed E-state index contributed by atoms with van der Waals surface area (Å²) in [6.07, 6.45) is 5.46. The van der Waals surface area contributed by atoms with Gasteiger partial charge in [0.15, 0.2) is 0 Å². The molecule has 0 spiro atoms. The molecule has 0 fully saturated rings. The van der Waals surface area contributed by atoms with Crippen LogP contribution in [-0.2, 0) is 4.74 Å². The van der Waals surface area contributed by atoms with Gasteiger partial charge in [-0.05, 0) is 11.6 Å². The number of nitrogens with zero attached hydrogens (tertiary/aromatic N) is 2. The van der Waals surface area contributed by atoms with E-state index in [0.29, 0.717) is 6.61 Å². The SMILES string of the molecule is COCCNC(c1cccnc1)c1nccs1. The Balaban J connectivity index is 2.13. The number of thiazole rings is 1. The molecule has 2 rings (SSSR count). The van der Waals surface area contributed by atoms with Crippen LogP contribution in [0.4, 0.5) is 0 Å². The Kier molecular flexibility index (Phi) is 4.61. The van der Waals surface area contributed by atoms with E-state index in [2.05, 4.69) is 21.4 Å². The molecule has 1 unspecified atom stereocenters. The topological polar surface area (TPSA) is 47.0 Å². The summed E-state index contributed by atoms with van der Waals surface area (Å²) in [5.74, 6) is 0. The van der Waals surface area contributed by atoms with Gasteiger partial charge in [-0.15, -0.1) is 11.3 Å². The first-order valence-corrected chi connectivity index (χ1v) is 6.31. The Morgan fingerprint density at radius 3 is 3.06 bits per heavy atom. The van der Waals surface area contributed by atoms with Crippen LogP contribution in [0.1, 0.15) is 16.6 Å². The molecule has 0 aliphatic rings. The standard InChI is InChI=1S/C12H15N3OS/c1-16-7-5-14-11(12-15-6-8-17-12)10-3-2-4-13-9-10/h2-4,6,8-9,11,14H,5,7H2,1H3. The fraction of sp³-hybridized carbons (Fsp3) is 0.333. The van der Waals surface area contributed by atoms with Crippen LogP contribution >= 0.6 is 11.3 Å². The third-order valence-corrected chi connectivity index (χ3v) is 3.21. The predicted octanol–water partition coefficient (Wildman–Crippen LogP) is 1.86. The molecule has 0 aromatic carbocycles. The molecule has 0 bridgehead atoms. The fourth-order valence-electron chi connectivity index (χ4n) is 1.58. The highest BCUT2D eigenvalue weighted by Crippen LogP contribution is 2.22. The zero-order valence-corrected chi connectivity index (χ0v) is 10.5. The van der Waals surface area contributed by atoms with Gasteiger partial charge in [0.05, 0.1) is 12.6 Å². The van der Waals surface area contributed by atoms with Crippen molar-refractivity contribution >= 4 is 11.3 Å². The maximum Gasteiger partial charge on any atom is 0.114 e. The van der Waals surface area contributed by atoms with Gasteiger partial charge in [-0.2, -0.15) is 0 Å². The summed E-state index contributed by atoms with van der Waals surface area (Å²) in [5, 5.41) is 6.46. The molecule has 1 atom stereocenters. The summed E-state index contributed by atoms with van der Waals surface area (Å²) in [6, 6.07) is 4.09. The van der Waals surface area contributed by atoms with Crippen molar-refractivity contribution in [2.24, 2.45) is 0 Å². The summed E-state index contributed by atoms with van der Waals surface area (Å²) in [5.41, 5.74) is 1.12. The average Bonchev–Trinajstić information content (AvgIpc) is 2.89. The van der Waals surface area contributed by atoms with Gasteiger partial charge in [0.2, 0.25) is 0 Å². The lowest BCUT2D eigenvalue weighted by molar-refractivity contribution is 0.197. The Hall–Kier alpha value is -1.30. The lowest BCUT2D eigenvalue weighted by atomic mass is 10.1. The Labute approximate surface area is 105 Å². The maximum atomic E-state index is 5.05. The van der Waals surface area contributed by atoms with Gasteiger partial charge in [0.25, 0.3) is 0 Å². The van der Waals surface area contributed by atoms with Crippen molar-refractivity contribution in [2.75, 3.05) is 20.3 Å². The maximum absolute atomic E-state index is 5.05. The second kappa shape index (κ2) is 6.44. The largest absolute Gasteiger partial charge is 0.383 e. The highest BCUT2D eigenvalue weighted by atomic mass is 32.1. The van der Waals surface area contributed by atoms with Gasteiger partial charge >= 0.3 is 0 Å². The van der Waals surface area contributed by atoms with Crippen molar-refractivity contribution in [3.63, 3.8) is 0 Å². The van der Waals surface area contributed by atoms with Crippen LogP contribution in [0.5, 0.6) is 0 Å². The minimum atomic E-state index is 0.0962. The van der Waals surface area contributed by atoms with Crippen LogP contribution < -0.4 is 5.32 Å². The summed E-state index contributed by atoms with van der Waals surface area (Å²) in [4.78, 5) is 8.51. The van der Waals surface area contributed by atoms with Crippen molar-refractivity contribution in [3.8, 4) is 0 Å². The minimum Gasteiger partial charge on any atom is -0.383 e. The van der Waals surface area contributed by atoms with Crippen molar-refractivity contribution in [1.82, 2.24) is 15.3 Å². The molecule has 0 aliphatic heterocycles. The van der Waals surface area contributed by atoms with Crippen LogP contribution in [-0.4, -0.2) is 30.2 Å². The van der Waals surface area contributed by atoms with E-state index in [-0.39, 0.29) is 6.04 Å².